The molecule has 5 aliphatic carbocycles. The van der Waals surface area contributed by atoms with Crippen LogP contribution in [-0.2, 0) is 9.59 Å². The second-order valence-corrected chi connectivity index (χ2v) is 14.3. The molecule has 9 atom stereocenters. The SMILES string of the molecule is C[C@H]1[C@H](C)CC[C@]2(C(=O)O)CC[C@]3(C)C(=CC[C@@H]4[C@@]5(C)CCC(=O)C(C)(C)[C@@H]5CC[C@]43C)[C@H]12. The maximum atomic E-state index is 12.9. The zero-order chi connectivity index (χ0) is 24.2. The van der Waals surface area contributed by atoms with Crippen molar-refractivity contribution in [1.29, 1.82) is 0 Å². The first-order valence-electron chi connectivity index (χ1n) is 13.7. The highest BCUT2D eigenvalue weighted by Gasteiger charge is 2.69. The number of fused-ring (bicyclic) bond motifs is 7. The fourth-order valence-electron chi connectivity index (χ4n) is 10.7. The summed E-state index contributed by atoms with van der Waals surface area (Å²) in [7, 11) is 0. The smallest absolute Gasteiger partial charge is 0.310 e. The van der Waals surface area contributed by atoms with Gasteiger partial charge in [0.25, 0.3) is 0 Å². The van der Waals surface area contributed by atoms with E-state index in [1.165, 1.54) is 12.0 Å². The molecule has 4 saturated carbocycles. The van der Waals surface area contributed by atoms with Crippen molar-refractivity contribution < 1.29 is 14.7 Å². The monoisotopic (exact) mass is 454 g/mol. The number of carboxylic acids is 1. The molecule has 0 bridgehead atoms. The Morgan fingerprint density at radius 1 is 0.939 bits per heavy atom. The number of allylic oxidation sites excluding steroid dienone is 2. The van der Waals surface area contributed by atoms with Gasteiger partial charge in [-0.05, 0) is 97.2 Å². The molecule has 3 heteroatoms. The molecule has 0 aliphatic heterocycles. The zero-order valence-electron chi connectivity index (χ0n) is 22.1. The number of carboxylic acid groups (broad SMARTS) is 1. The molecular weight excluding hydrogens is 408 g/mol. The molecule has 5 aliphatic rings. The number of hydrogen-bond acceptors (Lipinski definition) is 2. The summed E-state index contributed by atoms with van der Waals surface area (Å²) < 4.78 is 0. The highest BCUT2D eigenvalue weighted by Crippen LogP contribution is 2.75. The van der Waals surface area contributed by atoms with Gasteiger partial charge in [0.05, 0.1) is 5.41 Å². The van der Waals surface area contributed by atoms with Crippen molar-refractivity contribution in [3.8, 4) is 0 Å². The molecule has 0 aromatic carbocycles. The lowest BCUT2D eigenvalue weighted by Gasteiger charge is -2.70. The van der Waals surface area contributed by atoms with Crippen LogP contribution in [0.3, 0.4) is 0 Å². The van der Waals surface area contributed by atoms with Crippen LogP contribution < -0.4 is 0 Å². The summed E-state index contributed by atoms with van der Waals surface area (Å²) in [4.78, 5) is 25.7. The lowest BCUT2D eigenvalue weighted by molar-refractivity contribution is -0.190. The summed E-state index contributed by atoms with van der Waals surface area (Å²) in [5.41, 5.74) is 1.12. The van der Waals surface area contributed by atoms with Gasteiger partial charge in [0, 0.05) is 11.8 Å². The number of carbonyl (C=O) groups excluding carboxylic acids is 1. The van der Waals surface area contributed by atoms with Crippen molar-refractivity contribution in [2.45, 2.75) is 106 Å². The molecule has 1 N–H and O–H groups in total. The molecule has 4 fully saturated rings. The maximum absolute atomic E-state index is 12.9. The van der Waals surface area contributed by atoms with Crippen LogP contribution in [0.5, 0.6) is 0 Å². The minimum atomic E-state index is -0.569. The van der Waals surface area contributed by atoms with Gasteiger partial charge in [-0.15, -0.1) is 0 Å². The highest BCUT2D eigenvalue weighted by atomic mass is 16.4. The largest absolute Gasteiger partial charge is 0.481 e. The minimum Gasteiger partial charge on any atom is -0.481 e. The van der Waals surface area contributed by atoms with Gasteiger partial charge < -0.3 is 5.11 Å². The molecule has 0 spiro atoms. The summed E-state index contributed by atoms with van der Waals surface area (Å²) in [5, 5.41) is 10.5. The Morgan fingerprint density at radius 3 is 2.30 bits per heavy atom. The molecule has 0 radical (unpaired) electrons. The van der Waals surface area contributed by atoms with Crippen LogP contribution in [0.15, 0.2) is 11.6 Å². The van der Waals surface area contributed by atoms with Crippen LogP contribution in [0.25, 0.3) is 0 Å². The summed E-state index contributed by atoms with van der Waals surface area (Å²) in [6.07, 6.45) is 11.3. The van der Waals surface area contributed by atoms with E-state index in [-0.39, 0.29) is 27.6 Å². The van der Waals surface area contributed by atoms with Crippen molar-refractivity contribution in [3.63, 3.8) is 0 Å². The van der Waals surface area contributed by atoms with Crippen molar-refractivity contribution in [2.75, 3.05) is 0 Å². The van der Waals surface area contributed by atoms with Crippen LogP contribution >= 0.6 is 0 Å². The zero-order valence-corrected chi connectivity index (χ0v) is 22.1. The fraction of sp³-hybridized carbons (Fsp3) is 0.867. The standard InChI is InChI=1S/C30H46O3/c1-18-10-15-30(25(32)33)17-16-28(6)20(24(30)19(18)2)8-9-22-27(5)13-12-23(31)26(3,4)21(27)11-14-29(22,28)7/h8,18-19,21-22,24H,9-17H2,1-7H3,(H,32,33)/t18-,19+,21+,22-,24+,27+,28-,29-,30+/m1/s1. The van der Waals surface area contributed by atoms with E-state index in [1.807, 2.05) is 0 Å². The second kappa shape index (κ2) is 6.97. The van der Waals surface area contributed by atoms with Crippen molar-refractivity contribution in [1.82, 2.24) is 0 Å². The summed E-state index contributed by atoms with van der Waals surface area (Å²) >= 11 is 0. The Balaban J connectivity index is 1.62. The molecule has 3 nitrogen and oxygen atoms in total. The van der Waals surface area contributed by atoms with Gasteiger partial charge in [0.15, 0.2) is 0 Å². The van der Waals surface area contributed by atoms with E-state index in [0.717, 1.165) is 51.4 Å². The summed E-state index contributed by atoms with van der Waals surface area (Å²) in [6.45, 7) is 16.7. The van der Waals surface area contributed by atoms with Gasteiger partial charge >= 0.3 is 5.97 Å². The van der Waals surface area contributed by atoms with E-state index in [4.69, 9.17) is 0 Å². The summed E-state index contributed by atoms with van der Waals surface area (Å²) in [5.74, 6) is 2.10. The van der Waals surface area contributed by atoms with E-state index in [0.29, 0.717) is 29.5 Å². The molecule has 0 aromatic rings. The molecule has 0 heterocycles. The van der Waals surface area contributed by atoms with Gasteiger partial charge in [0.1, 0.15) is 5.78 Å². The van der Waals surface area contributed by atoms with Crippen LogP contribution in [0.2, 0.25) is 0 Å². The third-order valence-corrected chi connectivity index (χ3v) is 13.2. The van der Waals surface area contributed by atoms with E-state index < -0.39 is 11.4 Å². The predicted molar refractivity (Wildman–Crippen MR) is 132 cm³/mol. The van der Waals surface area contributed by atoms with Gasteiger partial charge in [-0.25, -0.2) is 0 Å². The van der Waals surface area contributed by atoms with E-state index in [9.17, 15) is 14.7 Å². The predicted octanol–water partition coefficient (Wildman–Crippen LogP) is 7.30. The molecule has 184 valence electrons. The number of rotatable bonds is 1. The molecule has 0 amide bonds. The number of ketones is 1. The Labute approximate surface area is 201 Å². The number of aliphatic carboxylic acids is 1. The number of hydrogen-bond donors (Lipinski definition) is 1. The number of Topliss-reactive ketones (excluding diaryl/α,β-unsaturated/α-hetero) is 1. The van der Waals surface area contributed by atoms with Crippen molar-refractivity contribution in [3.05, 3.63) is 11.6 Å². The van der Waals surface area contributed by atoms with Crippen LogP contribution in [0, 0.1) is 56.7 Å². The second-order valence-electron chi connectivity index (χ2n) is 14.3. The van der Waals surface area contributed by atoms with Gasteiger partial charge in [-0.3, -0.25) is 9.59 Å². The van der Waals surface area contributed by atoms with Crippen LogP contribution in [-0.4, -0.2) is 16.9 Å². The fourth-order valence-corrected chi connectivity index (χ4v) is 10.7. The highest BCUT2D eigenvalue weighted by molar-refractivity contribution is 5.85. The Bertz CT molecular complexity index is 916. The van der Waals surface area contributed by atoms with E-state index >= 15 is 0 Å². The Morgan fingerprint density at radius 2 is 1.64 bits per heavy atom. The summed E-state index contributed by atoms with van der Waals surface area (Å²) in [6, 6.07) is 0. The van der Waals surface area contributed by atoms with Gasteiger partial charge in [0.2, 0.25) is 0 Å². The molecule has 0 aromatic heterocycles. The third kappa shape index (κ3) is 2.69. The van der Waals surface area contributed by atoms with Gasteiger partial charge in [-0.2, -0.15) is 0 Å². The van der Waals surface area contributed by atoms with E-state index in [2.05, 4.69) is 54.5 Å². The normalized spacial score (nSPS) is 53.1. The van der Waals surface area contributed by atoms with Crippen LogP contribution in [0.1, 0.15) is 106 Å². The lowest BCUT2D eigenvalue weighted by Crippen LogP contribution is -2.65. The Kier molecular flexibility index (Phi) is 4.99. The average Bonchev–Trinajstić information content (AvgIpc) is 2.74. The minimum absolute atomic E-state index is 0.0600. The van der Waals surface area contributed by atoms with Crippen LogP contribution in [0.4, 0.5) is 0 Å². The van der Waals surface area contributed by atoms with E-state index in [1.54, 1.807) is 0 Å². The molecule has 5 rings (SSSR count). The number of carbonyl (C=O) groups is 2. The quantitative estimate of drug-likeness (QED) is 0.423. The first-order chi connectivity index (χ1) is 15.3. The Hall–Kier alpha value is -1.12. The molecular formula is C30H46O3. The first kappa shape index (κ1) is 23.6. The third-order valence-electron chi connectivity index (χ3n) is 13.2. The van der Waals surface area contributed by atoms with Crippen molar-refractivity contribution >= 4 is 11.8 Å². The molecule has 0 unspecified atom stereocenters. The average molecular weight is 455 g/mol. The van der Waals surface area contributed by atoms with Gasteiger partial charge in [-0.1, -0.05) is 60.1 Å². The maximum Gasteiger partial charge on any atom is 0.310 e. The van der Waals surface area contributed by atoms with Crippen molar-refractivity contribution in [2.24, 2.45) is 56.7 Å². The topological polar surface area (TPSA) is 54.4 Å². The first-order valence-corrected chi connectivity index (χ1v) is 13.7. The molecule has 33 heavy (non-hydrogen) atoms. The molecule has 0 saturated heterocycles. The lowest BCUT2D eigenvalue weighted by atomic mass is 9.33.